The van der Waals surface area contributed by atoms with Crippen LogP contribution in [0.4, 0.5) is 0 Å². The molecule has 4 bridgehead atoms. The maximum absolute atomic E-state index is 14.6. The van der Waals surface area contributed by atoms with Crippen LogP contribution in [0.5, 0.6) is 11.6 Å². The summed E-state index contributed by atoms with van der Waals surface area (Å²) in [6.45, 7) is 15.5. The van der Waals surface area contributed by atoms with Crippen molar-refractivity contribution in [2.24, 2.45) is 22.7 Å². The normalized spacial score (nSPS) is 28.6. The molecule has 2 aliphatic heterocycles. The van der Waals surface area contributed by atoms with E-state index in [1.165, 1.54) is 4.90 Å². The Kier molecular flexibility index (Phi) is 10.9. The number of aryl methyl sites for hydroxylation is 1. The van der Waals surface area contributed by atoms with Gasteiger partial charge in [-0.1, -0.05) is 40.7 Å². The van der Waals surface area contributed by atoms with Crippen molar-refractivity contribution < 1.29 is 42.6 Å². The summed E-state index contributed by atoms with van der Waals surface area (Å²) in [5.74, 6) is -1.22. The van der Waals surface area contributed by atoms with E-state index in [2.05, 4.69) is 25.4 Å². The molecule has 11 nitrogen and oxygen atoms in total. The summed E-state index contributed by atoms with van der Waals surface area (Å²) < 4.78 is 36.8. The molecule has 1 saturated carbocycles. The number of allylic oxidation sites excluding steroid dienone is 1. The molecule has 2 aromatic rings. The molecule has 3 unspecified atom stereocenters. The number of carbonyl (C=O) groups is 3. The molecule has 1 aromatic heterocycles. The zero-order chi connectivity index (χ0) is 36.6. The largest absolute Gasteiger partial charge is 0.496 e. The van der Waals surface area contributed by atoms with Gasteiger partial charge in [0.05, 0.1) is 50.4 Å². The maximum Gasteiger partial charge on any atom is 0.335 e. The van der Waals surface area contributed by atoms with Gasteiger partial charge in [-0.15, -0.1) is 6.58 Å². The van der Waals surface area contributed by atoms with Crippen molar-refractivity contribution in [1.82, 2.24) is 9.88 Å². The summed E-state index contributed by atoms with van der Waals surface area (Å²) in [7, 11) is -2.55. The van der Waals surface area contributed by atoms with E-state index in [9.17, 15) is 23.8 Å². The highest BCUT2D eigenvalue weighted by Gasteiger charge is 2.66. The maximum atomic E-state index is 14.6. The molecule has 2 fully saturated rings. The lowest BCUT2D eigenvalue weighted by molar-refractivity contribution is -0.155. The van der Waals surface area contributed by atoms with E-state index in [1.807, 2.05) is 39.0 Å². The first-order valence-electron chi connectivity index (χ1n) is 17.7. The van der Waals surface area contributed by atoms with Crippen LogP contribution in [0, 0.1) is 22.7 Å². The Labute approximate surface area is 295 Å². The number of pyridine rings is 1. The summed E-state index contributed by atoms with van der Waals surface area (Å²) in [5.41, 5.74) is 0.0373. The van der Waals surface area contributed by atoms with Gasteiger partial charge in [-0.3, -0.25) is 18.9 Å². The number of hydrogen-bond acceptors (Lipinski definition) is 9. The highest BCUT2D eigenvalue weighted by molar-refractivity contribution is 7.55. The number of fused-ring (bicyclic) bond motifs is 3. The lowest BCUT2D eigenvalue weighted by Gasteiger charge is -2.35. The monoisotopic (exact) mass is 712 g/mol. The van der Waals surface area contributed by atoms with Gasteiger partial charge in [0.25, 0.3) is 0 Å². The second-order valence-electron chi connectivity index (χ2n) is 16.0. The number of ether oxygens (including phenoxy) is 3. The quantitative estimate of drug-likeness (QED) is 0.179. The summed E-state index contributed by atoms with van der Waals surface area (Å²) in [6, 6.07) is 4.93. The van der Waals surface area contributed by atoms with E-state index >= 15 is 0 Å². The Morgan fingerprint density at radius 3 is 2.64 bits per heavy atom. The smallest absolute Gasteiger partial charge is 0.335 e. The number of carbonyl (C=O) groups excluding carboxylic acids is 3. The standard InChI is InChI=1S/C38H53N2O9P/c1-9-26-20-38(26,50(44,45)48-10-2)21-31(41)30-18-27-22-40(30)35(43)29(36(3,4)5)19-33(42)47-23-37(6,7)14-11-12-25-16-28-24(17-32(25)46-8)13-15-39-34(28)49-27/h9,13,15-17,26-27,29-30H,1,10-12,14,18-23H2,2-8H3,(H,44,45)/t26?,27-,29-,30+,38?/m1/s1. The van der Waals surface area contributed by atoms with Crippen LogP contribution in [0.25, 0.3) is 10.8 Å². The zero-order valence-corrected chi connectivity index (χ0v) is 31.4. The number of esters is 1. The Hall–Kier alpha value is -3.27. The second-order valence-corrected chi connectivity index (χ2v) is 18.2. The Balaban J connectivity index is 1.56. The van der Waals surface area contributed by atoms with E-state index in [4.69, 9.17) is 18.7 Å². The highest BCUT2D eigenvalue weighted by Crippen LogP contribution is 2.73. The van der Waals surface area contributed by atoms with Crippen molar-refractivity contribution in [3.05, 3.63) is 42.6 Å². The predicted octanol–water partition coefficient (Wildman–Crippen LogP) is 6.68. The highest BCUT2D eigenvalue weighted by atomic mass is 31.2. The number of cyclic esters (lactones) is 1. The minimum absolute atomic E-state index is 0.0176. The van der Waals surface area contributed by atoms with Crippen molar-refractivity contribution in [3.8, 4) is 11.6 Å². The van der Waals surface area contributed by atoms with Gasteiger partial charge in [0, 0.05) is 24.4 Å². The third kappa shape index (κ3) is 7.80. The SMILES string of the molecule is C=CC1CC1(CC(=O)[C@@H]1C[C@@H]2CN1C(=O)[C@H](C(C)(C)C)CC(=O)OCC(C)(C)CCCc1cc3c(nccc3cc1OC)O2)P(=O)(O)OCC. The molecule has 274 valence electrons. The molecular weight excluding hydrogens is 659 g/mol. The number of amides is 1. The zero-order valence-electron chi connectivity index (χ0n) is 30.5. The minimum Gasteiger partial charge on any atom is -0.496 e. The third-order valence-electron chi connectivity index (χ3n) is 10.7. The van der Waals surface area contributed by atoms with Crippen molar-refractivity contribution in [2.75, 3.05) is 26.9 Å². The van der Waals surface area contributed by atoms with Crippen molar-refractivity contribution >= 4 is 36.0 Å². The molecule has 5 rings (SSSR count). The van der Waals surface area contributed by atoms with Crippen molar-refractivity contribution in [1.29, 1.82) is 0 Å². The predicted molar refractivity (Wildman–Crippen MR) is 190 cm³/mol. The molecule has 1 aromatic carbocycles. The van der Waals surface area contributed by atoms with E-state index < -0.39 is 42.2 Å². The molecule has 3 aliphatic rings. The summed E-state index contributed by atoms with van der Waals surface area (Å²) in [4.78, 5) is 59.3. The first-order valence-corrected chi connectivity index (χ1v) is 19.2. The molecule has 50 heavy (non-hydrogen) atoms. The lowest BCUT2D eigenvalue weighted by Crippen LogP contribution is -2.48. The van der Waals surface area contributed by atoms with Crippen molar-refractivity contribution in [2.45, 2.75) is 104 Å². The Morgan fingerprint density at radius 1 is 1.26 bits per heavy atom. The number of benzene rings is 1. The van der Waals surface area contributed by atoms with Gasteiger partial charge >= 0.3 is 13.6 Å². The average Bonchev–Trinajstić information content (AvgIpc) is 3.61. The van der Waals surface area contributed by atoms with E-state index in [-0.39, 0.29) is 68.5 Å². The number of methoxy groups -OCH3 is 1. The molecule has 0 radical (unpaired) electrons. The van der Waals surface area contributed by atoms with Crippen LogP contribution in [0.1, 0.15) is 85.6 Å². The molecule has 1 saturated heterocycles. The Morgan fingerprint density at radius 2 is 2.00 bits per heavy atom. The number of Topliss-reactive ketones (excluding diaryl/α,β-unsaturated/α-hetero) is 1. The topological polar surface area (TPSA) is 142 Å². The van der Waals surface area contributed by atoms with Gasteiger partial charge in [0.15, 0.2) is 5.78 Å². The number of hydrogen-bond donors (Lipinski definition) is 1. The molecule has 6 atom stereocenters. The van der Waals surface area contributed by atoms with Gasteiger partial charge in [-0.2, -0.15) is 0 Å². The first kappa shape index (κ1) is 38.0. The van der Waals surface area contributed by atoms with Crippen molar-refractivity contribution in [3.63, 3.8) is 0 Å². The number of nitrogens with zero attached hydrogens (tertiary/aromatic N) is 2. The fraction of sp³-hybridized carbons (Fsp3) is 0.632. The molecular formula is C38H53N2O9P. The van der Waals surface area contributed by atoms with E-state index in [1.54, 1.807) is 26.3 Å². The summed E-state index contributed by atoms with van der Waals surface area (Å²) in [6.07, 6.45) is 5.01. The fourth-order valence-electron chi connectivity index (χ4n) is 7.56. The van der Waals surface area contributed by atoms with Crippen LogP contribution in [-0.4, -0.2) is 76.6 Å². The van der Waals surface area contributed by atoms with Crippen LogP contribution >= 0.6 is 7.60 Å². The molecule has 1 aliphatic carbocycles. The van der Waals surface area contributed by atoms with Gasteiger partial charge in [0.2, 0.25) is 11.8 Å². The summed E-state index contributed by atoms with van der Waals surface area (Å²) >= 11 is 0. The lowest BCUT2D eigenvalue weighted by atomic mass is 9.77. The summed E-state index contributed by atoms with van der Waals surface area (Å²) in [5, 5.41) is 0.375. The molecule has 12 heteroatoms. The molecule has 0 spiro atoms. The van der Waals surface area contributed by atoms with Crippen LogP contribution in [-0.2, 0) is 34.6 Å². The third-order valence-corrected chi connectivity index (χ3v) is 13.1. The average molecular weight is 713 g/mol. The van der Waals surface area contributed by atoms with Crippen LogP contribution in [0.2, 0.25) is 0 Å². The van der Waals surface area contributed by atoms with E-state index in [0.717, 1.165) is 41.3 Å². The number of aromatic nitrogens is 1. The molecule has 1 N–H and O–H groups in total. The van der Waals surface area contributed by atoms with Gasteiger partial charge in [0.1, 0.15) is 11.9 Å². The first-order chi connectivity index (χ1) is 23.4. The van der Waals surface area contributed by atoms with Gasteiger partial charge < -0.3 is 28.5 Å². The van der Waals surface area contributed by atoms with Crippen LogP contribution in [0.3, 0.4) is 0 Å². The number of rotatable bonds is 8. The van der Waals surface area contributed by atoms with Gasteiger partial charge in [-0.25, -0.2) is 4.98 Å². The number of ketones is 1. The van der Waals surface area contributed by atoms with E-state index in [0.29, 0.717) is 5.88 Å². The molecule has 3 heterocycles. The fourth-order valence-corrected chi connectivity index (χ4v) is 9.47. The second kappa shape index (κ2) is 14.4. The molecule has 1 amide bonds. The van der Waals surface area contributed by atoms with Crippen LogP contribution < -0.4 is 9.47 Å². The van der Waals surface area contributed by atoms with Crippen LogP contribution in [0.15, 0.2) is 37.1 Å². The van der Waals surface area contributed by atoms with Gasteiger partial charge in [-0.05, 0) is 78.5 Å². The Bertz CT molecular complexity index is 1680. The minimum atomic E-state index is -4.20.